The lowest BCUT2D eigenvalue weighted by Crippen LogP contribution is -2.31. The van der Waals surface area contributed by atoms with Crippen LogP contribution in [-0.2, 0) is 16.7 Å². The standard InChI is InChI=1S/C16H18F3N3O2S/c1-3-7-20-15(23)10(2)25-9-13-21-14(22-24-13)11-5-4-6-12(8-11)16(17,18)19/h4-6,8,10H,3,7,9H2,1-2H3,(H,20,23). The monoisotopic (exact) mass is 373 g/mol. The first-order valence-corrected chi connectivity index (χ1v) is 8.75. The number of nitrogens with one attached hydrogen (secondary N) is 1. The molecule has 1 amide bonds. The Hall–Kier alpha value is -2.03. The van der Waals surface area contributed by atoms with Gasteiger partial charge in [0.15, 0.2) is 0 Å². The molecule has 0 aliphatic rings. The molecule has 25 heavy (non-hydrogen) atoms. The van der Waals surface area contributed by atoms with E-state index in [0.29, 0.717) is 12.3 Å². The van der Waals surface area contributed by atoms with Gasteiger partial charge in [-0.1, -0.05) is 24.2 Å². The number of benzene rings is 1. The van der Waals surface area contributed by atoms with Crippen molar-refractivity contribution in [2.75, 3.05) is 6.54 Å². The van der Waals surface area contributed by atoms with E-state index in [9.17, 15) is 18.0 Å². The molecule has 5 nitrogen and oxygen atoms in total. The topological polar surface area (TPSA) is 68.0 Å². The summed E-state index contributed by atoms with van der Waals surface area (Å²) in [5.74, 6) is 0.564. The summed E-state index contributed by atoms with van der Waals surface area (Å²) in [6.45, 7) is 4.34. The van der Waals surface area contributed by atoms with Crippen molar-refractivity contribution < 1.29 is 22.5 Å². The maximum absolute atomic E-state index is 12.8. The van der Waals surface area contributed by atoms with Gasteiger partial charge in [-0.2, -0.15) is 18.2 Å². The Balaban J connectivity index is 2.00. The molecule has 0 spiro atoms. The Morgan fingerprint density at radius 3 is 2.84 bits per heavy atom. The van der Waals surface area contributed by atoms with Crippen molar-refractivity contribution in [3.8, 4) is 11.4 Å². The van der Waals surface area contributed by atoms with Crippen LogP contribution in [-0.4, -0.2) is 27.8 Å². The van der Waals surface area contributed by atoms with Crippen LogP contribution < -0.4 is 5.32 Å². The highest BCUT2D eigenvalue weighted by molar-refractivity contribution is 7.99. The van der Waals surface area contributed by atoms with Gasteiger partial charge < -0.3 is 9.84 Å². The SMILES string of the molecule is CCCNC(=O)C(C)SCc1nc(-c2cccc(C(F)(F)F)c2)no1. The van der Waals surface area contributed by atoms with Crippen LogP contribution in [0.4, 0.5) is 13.2 Å². The minimum absolute atomic E-state index is 0.0792. The van der Waals surface area contributed by atoms with E-state index < -0.39 is 11.7 Å². The summed E-state index contributed by atoms with van der Waals surface area (Å²) in [7, 11) is 0. The van der Waals surface area contributed by atoms with Crippen molar-refractivity contribution >= 4 is 17.7 Å². The molecule has 1 N–H and O–H groups in total. The fourth-order valence-corrected chi connectivity index (χ4v) is 2.67. The zero-order valence-corrected chi connectivity index (χ0v) is 14.6. The predicted molar refractivity (Wildman–Crippen MR) is 88.8 cm³/mol. The summed E-state index contributed by atoms with van der Waals surface area (Å²) in [6, 6.07) is 4.74. The van der Waals surface area contributed by atoms with Crippen LogP contribution in [0.15, 0.2) is 28.8 Å². The second-order valence-electron chi connectivity index (χ2n) is 5.33. The minimum Gasteiger partial charge on any atom is -0.355 e. The Morgan fingerprint density at radius 1 is 1.40 bits per heavy atom. The smallest absolute Gasteiger partial charge is 0.355 e. The molecule has 0 aliphatic carbocycles. The van der Waals surface area contributed by atoms with Crippen molar-refractivity contribution in [2.45, 2.75) is 37.4 Å². The lowest BCUT2D eigenvalue weighted by atomic mass is 10.1. The molecule has 2 rings (SSSR count). The normalized spacial score (nSPS) is 12.8. The number of amides is 1. The zero-order valence-electron chi connectivity index (χ0n) is 13.8. The van der Waals surface area contributed by atoms with Crippen LogP contribution in [0, 0.1) is 0 Å². The fraction of sp³-hybridized carbons (Fsp3) is 0.438. The number of carbonyl (C=O) groups excluding carboxylic acids is 1. The maximum Gasteiger partial charge on any atom is 0.416 e. The molecule has 1 unspecified atom stereocenters. The van der Waals surface area contributed by atoms with E-state index in [2.05, 4.69) is 15.5 Å². The number of alkyl halides is 3. The van der Waals surface area contributed by atoms with Gasteiger partial charge in [-0.3, -0.25) is 4.79 Å². The average molecular weight is 373 g/mol. The molecule has 0 radical (unpaired) electrons. The number of aromatic nitrogens is 2. The first-order chi connectivity index (χ1) is 11.8. The summed E-state index contributed by atoms with van der Waals surface area (Å²) in [6.07, 6.45) is -3.58. The third-order valence-electron chi connectivity index (χ3n) is 3.29. The molecule has 136 valence electrons. The molecule has 0 saturated heterocycles. The maximum atomic E-state index is 12.8. The first kappa shape index (κ1) is 19.3. The molecule has 0 fully saturated rings. The van der Waals surface area contributed by atoms with Gasteiger partial charge in [0.2, 0.25) is 17.6 Å². The van der Waals surface area contributed by atoms with E-state index in [1.165, 1.54) is 23.9 Å². The Bertz CT molecular complexity index is 719. The van der Waals surface area contributed by atoms with Crippen molar-refractivity contribution in [3.63, 3.8) is 0 Å². The van der Waals surface area contributed by atoms with Crippen molar-refractivity contribution in [1.82, 2.24) is 15.5 Å². The quantitative estimate of drug-likeness (QED) is 0.797. The van der Waals surface area contributed by atoms with Crippen LogP contribution in [0.3, 0.4) is 0 Å². The number of carbonyl (C=O) groups is 1. The number of nitrogens with zero attached hydrogens (tertiary/aromatic N) is 2. The largest absolute Gasteiger partial charge is 0.416 e. The highest BCUT2D eigenvalue weighted by Gasteiger charge is 2.30. The lowest BCUT2D eigenvalue weighted by Gasteiger charge is -2.09. The predicted octanol–water partition coefficient (Wildman–Crippen LogP) is 3.90. The molecular weight excluding hydrogens is 355 g/mol. The Kier molecular flexibility index (Phi) is 6.46. The highest BCUT2D eigenvalue weighted by Crippen LogP contribution is 2.31. The summed E-state index contributed by atoms with van der Waals surface area (Å²) in [5.41, 5.74) is -0.546. The van der Waals surface area contributed by atoms with E-state index in [1.807, 2.05) is 6.92 Å². The van der Waals surface area contributed by atoms with Crippen molar-refractivity contribution in [3.05, 3.63) is 35.7 Å². The average Bonchev–Trinajstić information content (AvgIpc) is 3.06. The molecule has 2 aromatic rings. The summed E-state index contributed by atoms with van der Waals surface area (Å²) >= 11 is 1.32. The Labute approximate surface area is 147 Å². The van der Waals surface area contributed by atoms with Crippen LogP contribution in [0.1, 0.15) is 31.7 Å². The fourth-order valence-electron chi connectivity index (χ4n) is 1.93. The number of rotatable bonds is 7. The second-order valence-corrected chi connectivity index (χ2v) is 6.66. The molecule has 1 aromatic heterocycles. The van der Waals surface area contributed by atoms with Crippen LogP contribution >= 0.6 is 11.8 Å². The first-order valence-electron chi connectivity index (χ1n) is 7.70. The molecule has 0 aliphatic heterocycles. The van der Waals surface area contributed by atoms with E-state index in [4.69, 9.17) is 4.52 Å². The van der Waals surface area contributed by atoms with Gasteiger partial charge in [0.25, 0.3) is 0 Å². The lowest BCUT2D eigenvalue weighted by molar-refractivity contribution is -0.137. The molecule has 1 aromatic carbocycles. The molecule has 1 atom stereocenters. The summed E-state index contributed by atoms with van der Waals surface area (Å²) in [5, 5.41) is 6.21. The van der Waals surface area contributed by atoms with Crippen molar-refractivity contribution in [2.24, 2.45) is 0 Å². The molecule has 0 saturated carbocycles. The second kappa shape index (κ2) is 8.37. The number of hydrogen-bond donors (Lipinski definition) is 1. The van der Waals surface area contributed by atoms with Gasteiger partial charge in [-0.15, -0.1) is 11.8 Å². The van der Waals surface area contributed by atoms with E-state index in [-0.39, 0.29) is 28.4 Å². The van der Waals surface area contributed by atoms with Gasteiger partial charge in [0, 0.05) is 12.1 Å². The van der Waals surface area contributed by atoms with E-state index >= 15 is 0 Å². The van der Waals surface area contributed by atoms with Crippen molar-refractivity contribution in [1.29, 1.82) is 0 Å². The number of halogens is 3. The van der Waals surface area contributed by atoms with Crippen LogP contribution in [0.25, 0.3) is 11.4 Å². The molecule has 0 bridgehead atoms. The Morgan fingerprint density at radius 2 is 2.16 bits per heavy atom. The molecule has 9 heteroatoms. The minimum atomic E-state index is -4.43. The van der Waals surface area contributed by atoms with Gasteiger partial charge in [0.1, 0.15) is 0 Å². The van der Waals surface area contributed by atoms with Gasteiger partial charge in [-0.05, 0) is 25.5 Å². The third-order valence-corrected chi connectivity index (χ3v) is 4.42. The summed E-state index contributed by atoms with van der Waals surface area (Å²) in [4.78, 5) is 15.9. The van der Waals surface area contributed by atoms with Crippen LogP contribution in [0.2, 0.25) is 0 Å². The molecular formula is C16H18F3N3O2S. The zero-order chi connectivity index (χ0) is 18.4. The van der Waals surface area contributed by atoms with E-state index in [1.54, 1.807) is 6.92 Å². The highest BCUT2D eigenvalue weighted by atomic mass is 32.2. The molecule has 1 heterocycles. The van der Waals surface area contributed by atoms with Gasteiger partial charge in [0.05, 0.1) is 16.6 Å². The van der Waals surface area contributed by atoms with Gasteiger partial charge >= 0.3 is 6.18 Å². The number of hydrogen-bond acceptors (Lipinski definition) is 5. The third kappa shape index (κ3) is 5.48. The van der Waals surface area contributed by atoms with Crippen LogP contribution in [0.5, 0.6) is 0 Å². The summed E-state index contributed by atoms with van der Waals surface area (Å²) < 4.78 is 43.3. The van der Waals surface area contributed by atoms with E-state index in [0.717, 1.165) is 18.6 Å². The number of thioether (sulfide) groups is 1. The van der Waals surface area contributed by atoms with Gasteiger partial charge in [-0.25, -0.2) is 0 Å².